The van der Waals surface area contributed by atoms with Gasteiger partial charge in [-0.15, -0.1) is 0 Å². The van der Waals surface area contributed by atoms with Crippen molar-refractivity contribution in [2.75, 3.05) is 27.2 Å². The van der Waals surface area contributed by atoms with Crippen LogP contribution in [0.2, 0.25) is 0 Å². The van der Waals surface area contributed by atoms with Crippen molar-refractivity contribution in [1.82, 2.24) is 4.90 Å². The monoisotopic (exact) mass is 318 g/mol. The third kappa shape index (κ3) is 3.64. The van der Waals surface area contributed by atoms with Crippen LogP contribution in [0.5, 0.6) is 11.5 Å². The van der Waals surface area contributed by atoms with Crippen LogP contribution < -0.4 is 15.2 Å². The molecule has 2 N–H and O–H groups in total. The first kappa shape index (κ1) is 16.6. The zero-order valence-corrected chi connectivity index (χ0v) is 14.5. The van der Waals surface area contributed by atoms with Gasteiger partial charge in [0.25, 0.3) is 0 Å². The number of nitrogens with zero attached hydrogens (tertiary/aromatic N) is 1. The van der Waals surface area contributed by atoms with Gasteiger partial charge in [0.15, 0.2) is 11.5 Å². The van der Waals surface area contributed by atoms with Gasteiger partial charge in [-0.25, -0.2) is 0 Å². The molecule has 2 aliphatic rings. The Morgan fingerprint density at radius 1 is 1.13 bits per heavy atom. The highest BCUT2D eigenvalue weighted by molar-refractivity contribution is 5.50. The van der Waals surface area contributed by atoms with Crippen LogP contribution in [0.1, 0.15) is 50.5 Å². The lowest BCUT2D eigenvalue weighted by molar-refractivity contribution is 0.107. The van der Waals surface area contributed by atoms with Gasteiger partial charge in [-0.05, 0) is 38.8 Å². The smallest absolute Gasteiger partial charge is 0.166 e. The molecule has 1 heterocycles. The van der Waals surface area contributed by atoms with E-state index in [0.717, 1.165) is 55.8 Å². The van der Waals surface area contributed by atoms with Gasteiger partial charge in [0.2, 0.25) is 0 Å². The number of nitrogens with two attached hydrogens (primary N) is 1. The Kier molecular flexibility index (Phi) is 5.12. The van der Waals surface area contributed by atoms with Crippen LogP contribution in [0.25, 0.3) is 0 Å². The van der Waals surface area contributed by atoms with Crippen LogP contribution in [-0.2, 0) is 5.54 Å². The Labute approximate surface area is 139 Å². The summed E-state index contributed by atoms with van der Waals surface area (Å²) in [4.78, 5) is 2.36. The molecule has 0 unspecified atom stereocenters. The highest BCUT2D eigenvalue weighted by Gasteiger charge is 2.34. The Morgan fingerprint density at radius 2 is 1.83 bits per heavy atom. The zero-order valence-electron chi connectivity index (χ0n) is 14.5. The van der Waals surface area contributed by atoms with E-state index in [1.165, 1.54) is 19.3 Å². The number of para-hydroxylation sites is 1. The van der Waals surface area contributed by atoms with Crippen LogP contribution >= 0.6 is 0 Å². The summed E-state index contributed by atoms with van der Waals surface area (Å²) in [5.74, 6) is 1.70. The molecule has 2 fully saturated rings. The van der Waals surface area contributed by atoms with E-state index in [1.807, 2.05) is 12.1 Å². The molecular formula is C19H30N2O2. The minimum atomic E-state index is -0.270. The number of rotatable bonds is 4. The first-order valence-corrected chi connectivity index (χ1v) is 8.94. The van der Waals surface area contributed by atoms with Crippen LogP contribution in [0.3, 0.4) is 0 Å². The molecule has 1 saturated heterocycles. The SMILES string of the molecule is COc1cccc(C2(N)CCCCC2)c1OC1CCN(C)CC1. The minimum Gasteiger partial charge on any atom is -0.493 e. The summed E-state index contributed by atoms with van der Waals surface area (Å²) in [6.45, 7) is 2.17. The molecule has 0 amide bonds. The van der Waals surface area contributed by atoms with Crippen molar-refractivity contribution >= 4 is 0 Å². The Bertz CT molecular complexity index is 518. The maximum Gasteiger partial charge on any atom is 0.166 e. The molecule has 4 nitrogen and oxygen atoms in total. The predicted octanol–water partition coefficient (Wildman–Crippen LogP) is 3.29. The molecule has 0 spiro atoms. The van der Waals surface area contributed by atoms with Crippen molar-refractivity contribution in [2.45, 2.75) is 56.6 Å². The Hall–Kier alpha value is -1.26. The summed E-state index contributed by atoms with van der Waals surface area (Å²) in [7, 11) is 3.88. The molecule has 1 aliphatic carbocycles. The molecule has 1 aromatic rings. The number of ether oxygens (including phenoxy) is 2. The van der Waals surface area contributed by atoms with Gasteiger partial charge in [-0.2, -0.15) is 0 Å². The van der Waals surface area contributed by atoms with E-state index in [-0.39, 0.29) is 11.6 Å². The largest absolute Gasteiger partial charge is 0.493 e. The van der Waals surface area contributed by atoms with E-state index in [4.69, 9.17) is 15.2 Å². The van der Waals surface area contributed by atoms with E-state index in [1.54, 1.807) is 7.11 Å². The average molecular weight is 318 g/mol. The molecule has 1 saturated carbocycles. The predicted molar refractivity (Wildman–Crippen MR) is 93.1 cm³/mol. The first-order chi connectivity index (χ1) is 11.1. The molecule has 23 heavy (non-hydrogen) atoms. The Balaban J connectivity index is 1.87. The van der Waals surface area contributed by atoms with E-state index >= 15 is 0 Å². The maximum absolute atomic E-state index is 6.79. The van der Waals surface area contributed by atoms with Crippen molar-refractivity contribution in [2.24, 2.45) is 5.73 Å². The zero-order chi connectivity index (χ0) is 16.3. The van der Waals surface area contributed by atoms with Crippen LogP contribution in [-0.4, -0.2) is 38.3 Å². The molecule has 3 rings (SSSR count). The van der Waals surface area contributed by atoms with Gasteiger partial charge >= 0.3 is 0 Å². The third-order valence-corrected chi connectivity index (χ3v) is 5.43. The van der Waals surface area contributed by atoms with Crippen LogP contribution in [0.4, 0.5) is 0 Å². The third-order valence-electron chi connectivity index (χ3n) is 5.43. The van der Waals surface area contributed by atoms with Crippen molar-refractivity contribution in [1.29, 1.82) is 0 Å². The fraction of sp³-hybridized carbons (Fsp3) is 0.684. The van der Waals surface area contributed by atoms with Crippen molar-refractivity contribution in [3.8, 4) is 11.5 Å². The molecule has 4 heteroatoms. The molecule has 0 bridgehead atoms. The first-order valence-electron chi connectivity index (χ1n) is 8.94. The van der Waals surface area contributed by atoms with Crippen molar-refractivity contribution in [3.05, 3.63) is 23.8 Å². The normalized spacial score (nSPS) is 22.7. The second-order valence-electron chi connectivity index (χ2n) is 7.17. The second-order valence-corrected chi connectivity index (χ2v) is 7.17. The van der Waals surface area contributed by atoms with E-state index in [0.29, 0.717) is 0 Å². The van der Waals surface area contributed by atoms with Gasteiger partial charge < -0.3 is 20.1 Å². The summed E-state index contributed by atoms with van der Waals surface area (Å²) in [6, 6.07) is 6.16. The summed E-state index contributed by atoms with van der Waals surface area (Å²) in [5, 5.41) is 0. The average Bonchev–Trinajstić information content (AvgIpc) is 2.57. The van der Waals surface area contributed by atoms with Gasteiger partial charge in [-0.3, -0.25) is 0 Å². The number of likely N-dealkylation sites (tertiary alicyclic amines) is 1. The fourth-order valence-corrected chi connectivity index (χ4v) is 3.91. The topological polar surface area (TPSA) is 47.7 Å². The van der Waals surface area contributed by atoms with Crippen molar-refractivity contribution in [3.63, 3.8) is 0 Å². The summed E-state index contributed by atoms with van der Waals surface area (Å²) in [6.07, 6.45) is 8.12. The number of piperidine rings is 1. The van der Waals surface area contributed by atoms with E-state index in [9.17, 15) is 0 Å². The van der Waals surface area contributed by atoms with E-state index < -0.39 is 0 Å². The number of hydrogen-bond acceptors (Lipinski definition) is 4. The molecule has 1 aromatic carbocycles. The maximum atomic E-state index is 6.79. The van der Waals surface area contributed by atoms with Gasteiger partial charge in [0, 0.05) is 24.2 Å². The molecule has 0 aromatic heterocycles. The quantitative estimate of drug-likeness (QED) is 0.925. The fourth-order valence-electron chi connectivity index (χ4n) is 3.91. The summed E-state index contributed by atoms with van der Waals surface area (Å²) < 4.78 is 12.0. The number of methoxy groups -OCH3 is 1. The Morgan fingerprint density at radius 3 is 2.48 bits per heavy atom. The summed E-state index contributed by atoms with van der Waals surface area (Å²) in [5.41, 5.74) is 7.65. The molecule has 0 atom stereocenters. The van der Waals surface area contributed by atoms with Gasteiger partial charge in [-0.1, -0.05) is 31.4 Å². The minimum absolute atomic E-state index is 0.258. The second kappa shape index (κ2) is 7.10. The molecule has 128 valence electrons. The lowest BCUT2D eigenvalue weighted by Crippen LogP contribution is -2.40. The standard InChI is InChI=1S/C19H30N2O2/c1-21-13-9-15(10-14-21)23-18-16(7-6-8-17(18)22-2)19(20)11-4-3-5-12-19/h6-8,15H,3-5,9-14,20H2,1-2H3. The number of hydrogen-bond donors (Lipinski definition) is 1. The molecular weight excluding hydrogens is 288 g/mol. The van der Waals surface area contributed by atoms with Crippen LogP contribution in [0, 0.1) is 0 Å². The highest BCUT2D eigenvalue weighted by atomic mass is 16.5. The lowest BCUT2D eigenvalue weighted by Gasteiger charge is -2.37. The number of benzene rings is 1. The van der Waals surface area contributed by atoms with E-state index in [2.05, 4.69) is 18.0 Å². The summed E-state index contributed by atoms with van der Waals surface area (Å²) >= 11 is 0. The van der Waals surface area contributed by atoms with Gasteiger partial charge in [0.05, 0.1) is 7.11 Å². The van der Waals surface area contributed by atoms with Gasteiger partial charge in [0.1, 0.15) is 6.10 Å². The highest BCUT2D eigenvalue weighted by Crippen LogP contribution is 2.43. The van der Waals surface area contributed by atoms with Crippen LogP contribution in [0.15, 0.2) is 18.2 Å². The molecule has 1 aliphatic heterocycles. The lowest BCUT2D eigenvalue weighted by atomic mass is 9.77. The van der Waals surface area contributed by atoms with Crippen molar-refractivity contribution < 1.29 is 9.47 Å². The molecule has 0 radical (unpaired) electrons.